The third-order valence-corrected chi connectivity index (χ3v) is 3.16. The Morgan fingerprint density at radius 1 is 1.38 bits per heavy atom. The molecule has 0 aromatic rings. The molecule has 0 aromatic heterocycles. The molecule has 2 aliphatic rings. The van der Waals surface area contributed by atoms with Crippen LogP contribution in [-0.4, -0.2) is 42.1 Å². The van der Waals surface area contributed by atoms with Gasteiger partial charge in [-0.1, -0.05) is 0 Å². The Balaban J connectivity index is 0.000000845. The SMILES string of the molecule is C[N+](C)=C(N)N1CC2CCC1C2.[I-]. The maximum atomic E-state index is 5.98. The number of nitrogens with zero attached hydrogens (tertiary/aromatic N) is 2. The molecule has 2 fully saturated rings. The van der Waals surface area contributed by atoms with Crippen molar-refractivity contribution >= 4 is 5.96 Å². The van der Waals surface area contributed by atoms with Crippen molar-refractivity contribution in [2.75, 3.05) is 20.6 Å². The van der Waals surface area contributed by atoms with Crippen LogP contribution in [0.15, 0.2) is 0 Å². The monoisotopic (exact) mass is 295 g/mol. The van der Waals surface area contributed by atoms with E-state index >= 15 is 0 Å². The zero-order valence-corrected chi connectivity index (χ0v) is 10.5. The normalized spacial score (nSPS) is 30.2. The smallest absolute Gasteiger partial charge is 0.345 e. The van der Waals surface area contributed by atoms with Crippen molar-refractivity contribution in [1.29, 1.82) is 0 Å². The van der Waals surface area contributed by atoms with Crippen molar-refractivity contribution in [3.8, 4) is 0 Å². The predicted molar refractivity (Wildman–Crippen MR) is 49.1 cm³/mol. The summed E-state index contributed by atoms with van der Waals surface area (Å²) in [6.45, 7) is 1.19. The van der Waals surface area contributed by atoms with Gasteiger partial charge in [-0.25, -0.2) is 0 Å². The molecule has 1 heterocycles. The molecule has 4 heteroatoms. The number of piperidine rings is 1. The van der Waals surface area contributed by atoms with E-state index in [0.717, 1.165) is 17.9 Å². The number of hydrogen-bond acceptors (Lipinski definition) is 0. The molecule has 0 spiro atoms. The maximum Gasteiger partial charge on any atom is 0.345 e. The van der Waals surface area contributed by atoms with E-state index in [0.29, 0.717) is 0 Å². The molecule has 1 aliphatic heterocycles. The van der Waals surface area contributed by atoms with E-state index in [2.05, 4.69) is 4.90 Å². The third-order valence-electron chi connectivity index (χ3n) is 3.16. The quantitative estimate of drug-likeness (QED) is 0.224. The van der Waals surface area contributed by atoms with Crippen molar-refractivity contribution in [3.63, 3.8) is 0 Å². The van der Waals surface area contributed by atoms with Gasteiger partial charge in [0, 0.05) is 0 Å². The highest BCUT2D eigenvalue weighted by molar-refractivity contribution is 5.73. The fraction of sp³-hybridized carbons (Fsp3) is 0.889. The lowest BCUT2D eigenvalue weighted by atomic mass is 10.1. The zero-order valence-electron chi connectivity index (χ0n) is 8.33. The summed E-state index contributed by atoms with van der Waals surface area (Å²) in [7, 11) is 4.03. The number of hydrogen-bond donors (Lipinski definition) is 1. The second-order valence-corrected chi connectivity index (χ2v) is 4.24. The Labute approximate surface area is 97.0 Å². The number of rotatable bonds is 0. The summed E-state index contributed by atoms with van der Waals surface area (Å²) in [5, 5.41) is 0. The van der Waals surface area contributed by atoms with E-state index < -0.39 is 0 Å². The molecule has 1 aliphatic carbocycles. The van der Waals surface area contributed by atoms with Gasteiger partial charge in [0.1, 0.15) is 0 Å². The maximum absolute atomic E-state index is 5.98. The lowest BCUT2D eigenvalue weighted by Gasteiger charge is -2.22. The molecule has 2 N–H and O–H groups in total. The van der Waals surface area contributed by atoms with Crippen molar-refractivity contribution in [3.05, 3.63) is 0 Å². The molecular formula is C9H18IN3. The van der Waals surface area contributed by atoms with Crippen LogP contribution in [0, 0.1) is 5.92 Å². The minimum absolute atomic E-state index is 0. The van der Waals surface area contributed by atoms with Gasteiger partial charge >= 0.3 is 5.96 Å². The molecule has 2 unspecified atom stereocenters. The first-order chi connectivity index (χ1) is 5.68. The number of nitrogens with two attached hydrogens (primary N) is 1. The second kappa shape index (κ2) is 4.02. The first-order valence-electron chi connectivity index (χ1n) is 4.75. The minimum Gasteiger partial charge on any atom is -1.00 e. The van der Waals surface area contributed by atoms with E-state index in [1.54, 1.807) is 0 Å². The second-order valence-electron chi connectivity index (χ2n) is 4.24. The number of guanidine groups is 1. The Morgan fingerprint density at radius 2 is 2.08 bits per heavy atom. The molecule has 0 radical (unpaired) electrons. The lowest BCUT2D eigenvalue weighted by Crippen LogP contribution is -3.00. The van der Waals surface area contributed by atoms with Crippen molar-refractivity contribution in [1.82, 2.24) is 4.90 Å². The molecule has 2 atom stereocenters. The summed E-state index contributed by atoms with van der Waals surface area (Å²) in [6, 6.07) is 0.748. The van der Waals surface area contributed by atoms with Crippen LogP contribution in [0.25, 0.3) is 0 Å². The molecule has 13 heavy (non-hydrogen) atoms. The molecule has 1 saturated carbocycles. The van der Waals surface area contributed by atoms with E-state index in [4.69, 9.17) is 5.73 Å². The fourth-order valence-corrected chi connectivity index (χ4v) is 2.46. The van der Waals surface area contributed by atoms with Gasteiger partial charge < -0.3 is 24.0 Å². The van der Waals surface area contributed by atoms with Gasteiger partial charge in [-0.3, -0.25) is 15.2 Å². The number of halogens is 1. The highest BCUT2D eigenvalue weighted by atomic mass is 127. The van der Waals surface area contributed by atoms with Crippen LogP contribution in [0.2, 0.25) is 0 Å². The first kappa shape index (κ1) is 11.1. The van der Waals surface area contributed by atoms with Crippen LogP contribution in [-0.2, 0) is 0 Å². The molecule has 76 valence electrons. The van der Waals surface area contributed by atoms with E-state index in [9.17, 15) is 0 Å². The van der Waals surface area contributed by atoms with Crippen molar-refractivity contribution in [2.24, 2.45) is 11.7 Å². The minimum atomic E-state index is 0. The Hall–Kier alpha value is 0. The van der Waals surface area contributed by atoms with Crippen LogP contribution < -0.4 is 29.7 Å². The Morgan fingerprint density at radius 3 is 2.46 bits per heavy atom. The summed E-state index contributed by atoms with van der Waals surface area (Å²) < 4.78 is 2.01. The van der Waals surface area contributed by atoms with Crippen LogP contribution in [0.1, 0.15) is 19.3 Å². The third kappa shape index (κ3) is 1.92. The largest absolute Gasteiger partial charge is 1.00 e. The molecule has 0 aromatic carbocycles. The molecule has 0 amide bonds. The van der Waals surface area contributed by atoms with Crippen LogP contribution in [0.4, 0.5) is 0 Å². The molecule has 3 nitrogen and oxygen atoms in total. The summed E-state index contributed by atoms with van der Waals surface area (Å²) in [6.07, 6.45) is 4.13. The summed E-state index contributed by atoms with van der Waals surface area (Å²) in [5.41, 5.74) is 5.98. The zero-order chi connectivity index (χ0) is 8.72. The van der Waals surface area contributed by atoms with Gasteiger partial charge in [-0.15, -0.1) is 0 Å². The van der Waals surface area contributed by atoms with Crippen molar-refractivity contribution in [2.45, 2.75) is 25.3 Å². The highest BCUT2D eigenvalue weighted by Crippen LogP contribution is 2.36. The van der Waals surface area contributed by atoms with Gasteiger partial charge in [-0.2, -0.15) is 0 Å². The molecule has 1 saturated heterocycles. The van der Waals surface area contributed by atoms with Gasteiger partial charge in [0.25, 0.3) is 0 Å². The van der Waals surface area contributed by atoms with Crippen LogP contribution in [0.3, 0.4) is 0 Å². The highest BCUT2D eigenvalue weighted by Gasteiger charge is 2.42. The summed E-state index contributed by atoms with van der Waals surface area (Å²) in [4.78, 5) is 2.37. The van der Waals surface area contributed by atoms with Gasteiger partial charge in [-0.05, 0) is 25.2 Å². The Kier molecular flexibility index (Phi) is 3.43. The van der Waals surface area contributed by atoms with Gasteiger partial charge in [0.05, 0.1) is 26.7 Å². The van der Waals surface area contributed by atoms with Crippen LogP contribution in [0.5, 0.6) is 0 Å². The number of likely N-dealkylation sites (tertiary alicyclic amines) is 1. The summed E-state index contributed by atoms with van der Waals surface area (Å²) in [5.74, 6) is 1.87. The van der Waals surface area contributed by atoms with Gasteiger partial charge in [0.15, 0.2) is 0 Å². The molecule has 2 rings (SSSR count). The molecular weight excluding hydrogens is 277 g/mol. The first-order valence-corrected chi connectivity index (χ1v) is 4.75. The van der Waals surface area contributed by atoms with Crippen LogP contribution >= 0.6 is 0 Å². The Bertz CT molecular complexity index is 223. The van der Waals surface area contributed by atoms with E-state index in [1.165, 1.54) is 25.8 Å². The average Bonchev–Trinajstić information content (AvgIpc) is 2.62. The topological polar surface area (TPSA) is 32.3 Å². The predicted octanol–water partition coefficient (Wildman–Crippen LogP) is -2.94. The number of fused-ring (bicyclic) bond motifs is 2. The fourth-order valence-electron chi connectivity index (χ4n) is 2.46. The van der Waals surface area contributed by atoms with E-state index in [-0.39, 0.29) is 24.0 Å². The van der Waals surface area contributed by atoms with E-state index in [1.807, 2.05) is 18.7 Å². The summed E-state index contributed by atoms with van der Waals surface area (Å²) >= 11 is 0. The standard InChI is InChI=1S/C9H17N3.HI/c1-11(2)9(10)12-6-7-3-4-8(12)5-7;/h7-8,10H,3-6H2,1-2H3;1H. The molecule has 2 bridgehead atoms. The average molecular weight is 295 g/mol. The van der Waals surface area contributed by atoms with Gasteiger partial charge in [0.2, 0.25) is 0 Å². The van der Waals surface area contributed by atoms with Crippen molar-refractivity contribution < 1.29 is 28.6 Å². The lowest BCUT2D eigenvalue weighted by molar-refractivity contribution is -0.471.